The molecular weight excluding hydrogens is 157 g/mol. The molecule has 61 valence electrons. The molecule has 0 bridgehead atoms. The number of halogens is 3. The molecule has 2 nitrogen and oxygen atoms in total. The Balaban J connectivity index is 3.08. The molecule has 0 aromatic carbocycles. The SMILES string of the molecule is [CH2]n1nc(C(F)(F)F)cc1C. The van der Waals surface area contributed by atoms with Crippen molar-refractivity contribution in [1.82, 2.24) is 9.78 Å². The minimum Gasteiger partial charge on any atom is -0.267 e. The van der Waals surface area contributed by atoms with Crippen molar-refractivity contribution < 1.29 is 13.2 Å². The fourth-order valence-corrected chi connectivity index (χ4v) is 0.649. The average molecular weight is 163 g/mol. The van der Waals surface area contributed by atoms with E-state index in [-0.39, 0.29) is 0 Å². The lowest BCUT2D eigenvalue weighted by Crippen LogP contribution is -2.06. The zero-order valence-corrected chi connectivity index (χ0v) is 5.81. The van der Waals surface area contributed by atoms with Crippen molar-refractivity contribution in [2.45, 2.75) is 13.1 Å². The Morgan fingerprint density at radius 1 is 1.55 bits per heavy atom. The molecule has 0 aliphatic heterocycles. The summed E-state index contributed by atoms with van der Waals surface area (Å²) in [7, 11) is 3.26. The van der Waals surface area contributed by atoms with E-state index >= 15 is 0 Å². The molecule has 1 radical (unpaired) electrons. The highest BCUT2D eigenvalue weighted by Crippen LogP contribution is 2.27. The molecule has 0 saturated heterocycles. The zero-order valence-electron chi connectivity index (χ0n) is 5.81. The van der Waals surface area contributed by atoms with Gasteiger partial charge in [-0.2, -0.15) is 18.3 Å². The van der Waals surface area contributed by atoms with E-state index in [9.17, 15) is 13.2 Å². The predicted molar refractivity (Wildman–Crippen MR) is 32.7 cm³/mol. The van der Waals surface area contributed by atoms with Crippen molar-refractivity contribution in [2.75, 3.05) is 0 Å². The first-order chi connectivity index (χ1) is 4.91. The molecule has 1 aromatic rings. The summed E-state index contributed by atoms with van der Waals surface area (Å²) in [6.45, 7) is 1.51. The summed E-state index contributed by atoms with van der Waals surface area (Å²) < 4.78 is 36.6. The average Bonchev–Trinajstić information content (AvgIpc) is 2.11. The van der Waals surface area contributed by atoms with Crippen molar-refractivity contribution in [1.29, 1.82) is 0 Å². The highest BCUT2D eigenvalue weighted by molar-refractivity contribution is 5.11. The third-order valence-electron chi connectivity index (χ3n) is 1.27. The van der Waals surface area contributed by atoms with Crippen molar-refractivity contribution in [3.05, 3.63) is 24.5 Å². The summed E-state index contributed by atoms with van der Waals surface area (Å²) in [6.07, 6.45) is -4.37. The van der Waals surface area contributed by atoms with Crippen LogP contribution in [0.4, 0.5) is 13.2 Å². The van der Waals surface area contributed by atoms with E-state index < -0.39 is 11.9 Å². The van der Waals surface area contributed by atoms with Crippen LogP contribution < -0.4 is 0 Å². The van der Waals surface area contributed by atoms with Crippen LogP contribution in [0.3, 0.4) is 0 Å². The van der Waals surface area contributed by atoms with Gasteiger partial charge in [0, 0.05) is 5.69 Å². The molecule has 0 fully saturated rings. The van der Waals surface area contributed by atoms with Crippen LogP contribution in [0, 0.1) is 14.0 Å². The van der Waals surface area contributed by atoms with Crippen LogP contribution in [0.1, 0.15) is 11.4 Å². The lowest BCUT2D eigenvalue weighted by atomic mass is 10.4. The van der Waals surface area contributed by atoms with E-state index in [2.05, 4.69) is 12.1 Å². The van der Waals surface area contributed by atoms with Gasteiger partial charge in [0.15, 0.2) is 5.69 Å². The second kappa shape index (κ2) is 2.25. The number of nitrogens with zero attached hydrogens (tertiary/aromatic N) is 2. The van der Waals surface area contributed by atoms with E-state index in [4.69, 9.17) is 0 Å². The summed E-state index contributed by atoms with van der Waals surface area (Å²) in [5, 5.41) is 3.16. The molecule has 0 saturated carbocycles. The predicted octanol–water partition coefficient (Wildman–Crippen LogP) is 1.85. The monoisotopic (exact) mass is 163 g/mol. The third kappa shape index (κ3) is 1.53. The standard InChI is InChI=1S/C6H6F3N2/c1-4-3-5(6(7,8)9)10-11(4)2/h3H,2H2,1H3. The largest absolute Gasteiger partial charge is 0.435 e. The molecule has 11 heavy (non-hydrogen) atoms. The summed E-state index contributed by atoms with van der Waals surface area (Å²) in [4.78, 5) is 0. The van der Waals surface area contributed by atoms with Gasteiger partial charge in [-0.15, -0.1) is 0 Å². The van der Waals surface area contributed by atoms with Crippen LogP contribution >= 0.6 is 0 Å². The molecule has 0 amide bonds. The fraction of sp³-hybridized carbons (Fsp3) is 0.333. The molecule has 1 aromatic heterocycles. The fourth-order valence-electron chi connectivity index (χ4n) is 0.649. The van der Waals surface area contributed by atoms with Gasteiger partial charge >= 0.3 is 6.18 Å². The van der Waals surface area contributed by atoms with Crippen molar-refractivity contribution in [2.24, 2.45) is 0 Å². The van der Waals surface area contributed by atoms with Crippen LogP contribution in [-0.2, 0) is 6.18 Å². The summed E-state index contributed by atoms with van der Waals surface area (Å²) >= 11 is 0. The second-order valence-corrected chi connectivity index (χ2v) is 2.17. The number of rotatable bonds is 0. The van der Waals surface area contributed by atoms with Crippen LogP contribution in [0.25, 0.3) is 0 Å². The molecule has 0 aliphatic rings. The van der Waals surface area contributed by atoms with Gasteiger partial charge < -0.3 is 0 Å². The molecule has 1 heterocycles. The number of aromatic nitrogens is 2. The Hall–Kier alpha value is -1.00. The van der Waals surface area contributed by atoms with Crippen LogP contribution in [0.15, 0.2) is 6.07 Å². The van der Waals surface area contributed by atoms with Gasteiger partial charge in [0.1, 0.15) is 0 Å². The first kappa shape index (κ1) is 8.10. The van der Waals surface area contributed by atoms with Crippen LogP contribution in [0.5, 0.6) is 0 Å². The minimum absolute atomic E-state index is 0.386. The lowest BCUT2D eigenvalue weighted by Gasteiger charge is -1.98. The van der Waals surface area contributed by atoms with Crippen molar-refractivity contribution in [3.8, 4) is 0 Å². The van der Waals surface area contributed by atoms with Crippen LogP contribution in [0.2, 0.25) is 0 Å². The van der Waals surface area contributed by atoms with Gasteiger partial charge in [-0.05, 0) is 13.0 Å². The number of alkyl halides is 3. The highest BCUT2D eigenvalue weighted by atomic mass is 19.4. The molecule has 5 heteroatoms. The van der Waals surface area contributed by atoms with E-state index in [0.29, 0.717) is 5.69 Å². The first-order valence-electron chi connectivity index (χ1n) is 2.86. The number of hydrogen-bond acceptors (Lipinski definition) is 1. The smallest absolute Gasteiger partial charge is 0.267 e. The molecule has 0 N–H and O–H groups in total. The minimum atomic E-state index is -4.37. The normalized spacial score (nSPS) is 12.1. The van der Waals surface area contributed by atoms with Crippen molar-refractivity contribution >= 4 is 0 Å². The molecule has 0 aliphatic carbocycles. The Bertz CT molecular complexity index is 242. The molecule has 0 atom stereocenters. The van der Waals surface area contributed by atoms with Crippen molar-refractivity contribution in [3.63, 3.8) is 0 Å². The highest BCUT2D eigenvalue weighted by Gasteiger charge is 2.33. The Kier molecular flexibility index (Phi) is 1.66. The topological polar surface area (TPSA) is 17.8 Å². The Morgan fingerprint density at radius 2 is 2.09 bits per heavy atom. The number of aryl methyl sites for hydroxylation is 1. The van der Waals surface area contributed by atoms with Gasteiger partial charge in [-0.1, -0.05) is 0 Å². The lowest BCUT2D eigenvalue weighted by molar-refractivity contribution is -0.141. The quantitative estimate of drug-likeness (QED) is 0.570. The molecule has 0 unspecified atom stereocenters. The van der Waals surface area contributed by atoms with Crippen LogP contribution in [-0.4, -0.2) is 9.78 Å². The van der Waals surface area contributed by atoms with Gasteiger partial charge in [0.25, 0.3) is 0 Å². The van der Waals surface area contributed by atoms with Gasteiger partial charge in [0.2, 0.25) is 0 Å². The maximum atomic E-state index is 11.9. The maximum Gasteiger partial charge on any atom is 0.435 e. The summed E-state index contributed by atoms with van der Waals surface area (Å²) in [5.41, 5.74) is -0.512. The van der Waals surface area contributed by atoms with Gasteiger partial charge in [0.05, 0.1) is 7.05 Å². The molecule has 0 spiro atoms. The summed E-state index contributed by atoms with van der Waals surface area (Å²) in [5.74, 6) is 0. The molecule has 1 rings (SSSR count). The number of hydrogen-bond donors (Lipinski definition) is 0. The van der Waals surface area contributed by atoms with E-state index in [1.807, 2.05) is 0 Å². The zero-order chi connectivity index (χ0) is 8.65. The Labute approximate surface area is 61.6 Å². The van der Waals surface area contributed by atoms with E-state index in [1.165, 1.54) is 6.92 Å². The molecular formula is C6H6F3N2. The van der Waals surface area contributed by atoms with E-state index in [1.54, 1.807) is 0 Å². The van der Waals surface area contributed by atoms with Gasteiger partial charge in [-0.25, -0.2) is 0 Å². The first-order valence-corrected chi connectivity index (χ1v) is 2.86. The van der Waals surface area contributed by atoms with E-state index in [0.717, 1.165) is 10.7 Å². The second-order valence-electron chi connectivity index (χ2n) is 2.17. The summed E-state index contributed by atoms with van der Waals surface area (Å²) in [6, 6.07) is 0.951. The Morgan fingerprint density at radius 3 is 2.27 bits per heavy atom. The third-order valence-corrected chi connectivity index (χ3v) is 1.27. The van der Waals surface area contributed by atoms with Gasteiger partial charge in [-0.3, -0.25) is 4.68 Å². The maximum absolute atomic E-state index is 11.9.